The normalized spacial score (nSPS) is 16.3. The van der Waals surface area contributed by atoms with Gasteiger partial charge in [-0.2, -0.15) is 0 Å². The van der Waals surface area contributed by atoms with Crippen LogP contribution in [0.1, 0.15) is 18.9 Å². The van der Waals surface area contributed by atoms with Crippen LogP contribution >= 0.6 is 0 Å². The maximum atomic E-state index is 12.3. The number of amides is 4. The number of benzene rings is 2. The molecule has 0 radical (unpaired) electrons. The van der Waals surface area contributed by atoms with Crippen molar-refractivity contribution < 1.29 is 22.8 Å². The first kappa shape index (κ1) is 21.3. The molecule has 1 atom stereocenters. The van der Waals surface area contributed by atoms with Crippen LogP contribution in [0.25, 0.3) is 0 Å². The Hall–Kier alpha value is -3.40. The maximum Gasteiger partial charge on any atom is 0.319 e. The fraction of sp³-hybridized carbons (Fsp3) is 0.250. The highest BCUT2D eigenvalue weighted by Gasteiger charge is 2.31. The minimum atomic E-state index is -3.94. The SMILES string of the molecule is CC(=O)NS(=O)(=O)c1ccc(NC(=O)NC2CC(=O)N(c3ccc(C)cc3)C2)cc1. The maximum absolute atomic E-state index is 12.3. The van der Waals surface area contributed by atoms with Gasteiger partial charge in [0.15, 0.2) is 0 Å². The molecule has 158 valence electrons. The zero-order chi connectivity index (χ0) is 21.9. The molecular weight excluding hydrogens is 408 g/mol. The highest BCUT2D eigenvalue weighted by Crippen LogP contribution is 2.22. The van der Waals surface area contributed by atoms with Gasteiger partial charge in [0.2, 0.25) is 11.8 Å². The second-order valence-electron chi connectivity index (χ2n) is 7.03. The van der Waals surface area contributed by atoms with E-state index in [2.05, 4.69) is 10.6 Å². The topological polar surface area (TPSA) is 125 Å². The number of nitrogens with one attached hydrogen (secondary N) is 3. The molecule has 2 aromatic rings. The average molecular weight is 430 g/mol. The summed E-state index contributed by atoms with van der Waals surface area (Å²) in [6.07, 6.45) is 0.190. The molecule has 1 aliphatic rings. The van der Waals surface area contributed by atoms with Crippen molar-refractivity contribution in [2.75, 3.05) is 16.8 Å². The van der Waals surface area contributed by atoms with Gasteiger partial charge in [0, 0.05) is 31.3 Å². The number of nitrogens with zero attached hydrogens (tertiary/aromatic N) is 1. The molecule has 1 saturated heterocycles. The van der Waals surface area contributed by atoms with Crippen LogP contribution < -0.4 is 20.3 Å². The van der Waals surface area contributed by atoms with Gasteiger partial charge in [-0.05, 0) is 43.3 Å². The number of aryl methyl sites for hydroxylation is 1. The van der Waals surface area contributed by atoms with Crippen molar-refractivity contribution >= 4 is 39.2 Å². The summed E-state index contributed by atoms with van der Waals surface area (Å²) in [5.41, 5.74) is 2.25. The summed E-state index contributed by atoms with van der Waals surface area (Å²) >= 11 is 0. The standard InChI is InChI=1S/C20H22N4O5S/c1-13-3-7-17(8-4-13)24-12-16(11-19(24)26)22-20(27)21-15-5-9-18(10-6-15)30(28,29)23-14(2)25/h3-10,16H,11-12H2,1-2H3,(H,23,25)(H2,21,22,27). The van der Waals surface area contributed by atoms with E-state index in [1.54, 1.807) is 4.90 Å². The van der Waals surface area contributed by atoms with Crippen molar-refractivity contribution in [2.24, 2.45) is 0 Å². The molecule has 10 heteroatoms. The summed E-state index contributed by atoms with van der Waals surface area (Å²) in [6.45, 7) is 3.43. The lowest BCUT2D eigenvalue weighted by atomic mass is 10.2. The molecule has 0 aliphatic carbocycles. The molecule has 0 aromatic heterocycles. The van der Waals surface area contributed by atoms with E-state index in [0.717, 1.165) is 18.2 Å². The number of carbonyl (C=O) groups is 3. The number of hydrogen-bond acceptors (Lipinski definition) is 5. The van der Waals surface area contributed by atoms with E-state index < -0.39 is 22.0 Å². The number of rotatable bonds is 5. The molecule has 4 amide bonds. The fourth-order valence-electron chi connectivity index (χ4n) is 3.10. The highest BCUT2D eigenvalue weighted by molar-refractivity contribution is 7.90. The molecule has 3 N–H and O–H groups in total. The largest absolute Gasteiger partial charge is 0.333 e. The smallest absolute Gasteiger partial charge is 0.319 e. The lowest BCUT2D eigenvalue weighted by Crippen LogP contribution is -2.39. The van der Waals surface area contributed by atoms with Crippen molar-refractivity contribution in [1.29, 1.82) is 0 Å². The molecule has 1 heterocycles. The molecule has 3 rings (SSSR count). The van der Waals surface area contributed by atoms with Crippen LogP contribution in [0.5, 0.6) is 0 Å². The Balaban J connectivity index is 1.57. The van der Waals surface area contributed by atoms with E-state index >= 15 is 0 Å². The Morgan fingerprint density at radius 1 is 1.03 bits per heavy atom. The molecular formula is C20H22N4O5S. The number of urea groups is 1. The summed E-state index contributed by atoms with van der Waals surface area (Å²) < 4.78 is 25.7. The van der Waals surface area contributed by atoms with Gasteiger partial charge in [-0.3, -0.25) is 9.59 Å². The van der Waals surface area contributed by atoms with Crippen LogP contribution in [0.15, 0.2) is 53.4 Å². The summed E-state index contributed by atoms with van der Waals surface area (Å²) in [5.74, 6) is -0.765. The molecule has 2 aromatic carbocycles. The van der Waals surface area contributed by atoms with Crippen LogP contribution in [0.4, 0.5) is 16.2 Å². The molecule has 1 fully saturated rings. The zero-order valence-electron chi connectivity index (χ0n) is 16.5. The third kappa shape index (κ3) is 5.15. The van der Waals surface area contributed by atoms with Gasteiger partial charge in [0.1, 0.15) is 0 Å². The van der Waals surface area contributed by atoms with E-state index in [0.29, 0.717) is 12.2 Å². The Morgan fingerprint density at radius 3 is 2.27 bits per heavy atom. The highest BCUT2D eigenvalue weighted by atomic mass is 32.2. The summed E-state index contributed by atoms with van der Waals surface area (Å²) in [6, 6.07) is 12.1. The minimum Gasteiger partial charge on any atom is -0.333 e. The van der Waals surface area contributed by atoms with Crippen LogP contribution in [-0.4, -0.2) is 38.8 Å². The Bertz CT molecular complexity index is 1070. The van der Waals surface area contributed by atoms with Gasteiger partial charge in [-0.15, -0.1) is 0 Å². The summed E-state index contributed by atoms with van der Waals surface area (Å²) in [4.78, 5) is 37.1. The van der Waals surface area contributed by atoms with Crippen LogP contribution in [0.2, 0.25) is 0 Å². The van der Waals surface area contributed by atoms with Crippen LogP contribution in [0.3, 0.4) is 0 Å². The quantitative estimate of drug-likeness (QED) is 0.667. The first-order chi connectivity index (χ1) is 14.1. The predicted molar refractivity (Wildman–Crippen MR) is 112 cm³/mol. The fourth-order valence-corrected chi connectivity index (χ4v) is 4.09. The van der Waals surface area contributed by atoms with E-state index in [1.165, 1.54) is 24.3 Å². The van der Waals surface area contributed by atoms with Gasteiger partial charge >= 0.3 is 6.03 Å². The number of anilines is 2. The lowest BCUT2D eigenvalue weighted by Gasteiger charge is -2.17. The van der Waals surface area contributed by atoms with Gasteiger partial charge in [-0.25, -0.2) is 17.9 Å². The van der Waals surface area contributed by atoms with Crippen molar-refractivity contribution in [3.05, 3.63) is 54.1 Å². The predicted octanol–water partition coefficient (Wildman–Crippen LogP) is 1.75. The Morgan fingerprint density at radius 2 is 1.67 bits per heavy atom. The van der Waals surface area contributed by atoms with E-state index in [9.17, 15) is 22.8 Å². The van der Waals surface area contributed by atoms with Crippen LogP contribution in [0, 0.1) is 6.92 Å². The van der Waals surface area contributed by atoms with E-state index in [1.807, 2.05) is 35.9 Å². The lowest BCUT2D eigenvalue weighted by molar-refractivity contribution is -0.118. The minimum absolute atomic E-state index is 0.0725. The van der Waals surface area contributed by atoms with Crippen molar-refractivity contribution in [2.45, 2.75) is 31.2 Å². The van der Waals surface area contributed by atoms with Crippen molar-refractivity contribution in [3.63, 3.8) is 0 Å². The summed E-state index contributed by atoms with van der Waals surface area (Å²) in [5, 5.41) is 5.36. The number of sulfonamides is 1. The van der Waals surface area contributed by atoms with Gasteiger partial charge in [0.05, 0.1) is 10.9 Å². The van der Waals surface area contributed by atoms with Crippen LogP contribution in [-0.2, 0) is 19.6 Å². The van der Waals surface area contributed by atoms with Gasteiger partial charge in [0.25, 0.3) is 10.0 Å². The average Bonchev–Trinajstić information content (AvgIpc) is 3.01. The number of carbonyl (C=O) groups excluding carboxylic acids is 3. The first-order valence-corrected chi connectivity index (χ1v) is 10.7. The summed E-state index contributed by atoms with van der Waals surface area (Å²) in [7, 11) is -3.94. The van der Waals surface area contributed by atoms with E-state index in [-0.39, 0.29) is 23.3 Å². The molecule has 9 nitrogen and oxygen atoms in total. The van der Waals surface area contributed by atoms with Gasteiger partial charge in [-0.1, -0.05) is 17.7 Å². The molecule has 30 heavy (non-hydrogen) atoms. The Labute approximate surface area is 174 Å². The molecule has 0 saturated carbocycles. The Kier molecular flexibility index (Phi) is 6.06. The third-order valence-corrected chi connectivity index (χ3v) is 5.96. The molecule has 0 bridgehead atoms. The first-order valence-electron chi connectivity index (χ1n) is 9.22. The molecule has 1 aliphatic heterocycles. The molecule has 1 unspecified atom stereocenters. The third-order valence-electron chi connectivity index (χ3n) is 4.51. The van der Waals surface area contributed by atoms with Gasteiger partial charge < -0.3 is 15.5 Å². The van der Waals surface area contributed by atoms with E-state index in [4.69, 9.17) is 0 Å². The second-order valence-corrected chi connectivity index (χ2v) is 8.71. The van der Waals surface area contributed by atoms with Crippen molar-refractivity contribution in [1.82, 2.24) is 10.0 Å². The monoisotopic (exact) mass is 430 g/mol. The number of hydrogen-bond donors (Lipinski definition) is 3. The van der Waals surface area contributed by atoms with Crippen molar-refractivity contribution in [3.8, 4) is 0 Å². The second kappa shape index (κ2) is 8.54. The molecule has 0 spiro atoms. The zero-order valence-corrected chi connectivity index (χ0v) is 17.3.